The molecule has 0 aliphatic heterocycles. The van der Waals surface area contributed by atoms with Crippen LogP contribution in [-0.2, 0) is 11.3 Å². The fourth-order valence-corrected chi connectivity index (χ4v) is 3.20. The van der Waals surface area contributed by atoms with E-state index in [9.17, 15) is 9.59 Å². The van der Waals surface area contributed by atoms with E-state index in [0.717, 1.165) is 17.0 Å². The van der Waals surface area contributed by atoms with Gasteiger partial charge in [-0.15, -0.1) is 0 Å². The highest BCUT2D eigenvalue weighted by Crippen LogP contribution is 2.17. The lowest BCUT2D eigenvalue weighted by Crippen LogP contribution is -2.26. The number of nitrogens with zero attached hydrogens (tertiary/aromatic N) is 1. The molecular weight excluding hydrogens is 414 g/mol. The summed E-state index contributed by atoms with van der Waals surface area (Å²) in [6.45, 7) is 5.49. The van der Waals surface area contributed by atoms with Gasteiger partial charge < -0.3 is 20.3 Å². The largest absolute Gasteiger partial charge is 0.493 e. The number of ether oxygens (including phenoxy) is 1. The highest BCUT2D eigenvalue weighted by Gasteiger charge is 2.13. The summed E-state index contributed by atoms with van der Waals surface area (Å²) in [6, 6.07) is 24.3. The summed E-state index contributed by atoms with van der Waals surface area (Å²) in [5, 5.41) is 5.94. The molecule has 0 atom stereocenters. The standard InChI is InChI=1S/C27H31N3O3/c1-20(2)19-33-25-14-12-23(13-15-25)28-17-26(31)29-24-11-7-10-22(16-24)27(32)30(3)18-21-8-5-4-6-9-21/h4-16,20,28H,17-19H2,1-3H3,(H,29,31). The maximum absolute atomic E-state index is 12.8. The van der Waals surface area contributed by atoms with Crippen molar-refractivity contribution in [3.63, 3.8) is 0 Å². The van der Waals surface area contributed by atoms with Crippen LogP contribution in [0, 0.1) is 5.92 Å². The predicted octanol–water partition coefficient (Wildman–Crippen LogP) is 5.04. The zero-order valence-electron chi connectivity index (χ0n) is 19.4. The molecule has 33 heavy (non-hydrogen) atoms. The van der Waals surface area contributed by atoms with E-state index in [4.69, 9.17) is 4.74 Å². The molecule has 0 aromatic heterocycles. The number of rotatable bonds is 10. The van der Waals surface area contributed by atoms with Gasteiger partial charge in [-0.2, -0.15) is 0 Å². The van der Waals surface area contributed by atoms with Crippen LogP contribution in [0.25, 0.3) is 0 Å². The Bertz CT molecular complexity index is 1050. The lowest BCUT2D eigenvalue weighted by molar-refractivity contribution is -0.114. The van der Waals surface area contributed by atoms with E-state index < -0.39 is 0 Å². The summed E-state index contributed by atoms with van der Waals surface area (Å²) in [5.41, 5.74) is 2.99. The molecule has 0 spiro atoms. The molecular formula is C27H31N3O3. The second-order valence-electron chi connectivity index (χ2n) is 8.36. The van der Waals surface area contributed by atoms with Crippen LogP contribution in [0.5, 0.6) is 5.75 Å². The third kappa shape index (κ3) is 7.68. The second kappa shape index (κ2) is 11.7. The quantitative estimate of drug-likeness (QED) is 0.458. The van der Waals surface area contributed by atoms with Crippen molar-refractivity contribution in [1.82, 2.24) is 4.90 Å². The summed E-state index contributed by atoms with van der Waals surface area (Å²) in [5.74, 6) is 0.965. The second-order valence-corrected chi connectivity index (χ2v) is 8.36. The Morgan fingerprint density at radius 2 is 1.64 bits per heavy atom. The number of carbonyl (C=O) groups is 2. The highest BCUT2D eigenvalue weighted by molar-refractivity contribution is 5.98. The van der Waals surface area contributed by atoms with Crippen molar-refractivity contribution < 1.29 is 14.3 Å². The number of anilines is 2. The third-order valence-electron chi connectivity index (χ3n) is 4.89. The van der Waals surface area contributed by atoms with E-state index in [-0.39, 0.29) is 18.4 Å². The van der Waals surface area contributed by atoms with Gasteiger partial charge in [-0.05, 0) is 53.9 Å². The van der Waals surface area contributed by atoms with Gasteiger partial charge in [0, 0.05) is 30.5 Å². The topological polar surface area (TPSA) is 70.7 Å². The fraction of sp³-hybridized carbons (Fsp3) is 0.259. The van der Waals surface area contributed by atoms with Gasteiger partial charge in [-0.1, -0.05) is 50.2 Å². The first kappa shape index (κ1) is 23.9. The van der Waals surface area contributed by atoms with Gasteiger partial charge in [-0.25, -0.2) is 0 Å². The number of amides is 2. The van der Waals surface area contributed by atoms with E-state index >= 15 is 0 Å². The van der Waals surface area contributed by atoms with Crippen molar-refractivity contribution in [2.24, 2.45) is 5.92 Å². The Kier molecular flexibility index (Phi) is 8.47. The minimum Gasteiger partial charge on any atom is -0.493 e. The van der Waals surface area contributed by atoms with Gasteiger partial charge in [0.2, 0.25) is 5.91 Å². The molecule has 3 rings (SSSR count). The van der Waals surface area contributed by atoms with Crippen molar-refractivity contribution in [3.8, 4) is 5.75 Å². The van der Waals surface area contributed by atoms with Crippen molar-refractivity contribution in [2.75, 3.05) is 30.8 Å². The molecule has 0 fully saturated rings. The SMILES string of the molecule is CC(C)COc1ccc(NCC(=O)Nc2cccc(C(=O)N(C)Cc3ccccc3)c2)cc1. The van der Waals surface area contributed by atoms with Crippen LogP contribution in [0.3, 0.4) is 0 Å². The van der Waals surface area contributed by atoms with Crippen molar-refractivity contribution in [3.05, 3.63) is 90.0 Å². The van der Waals surface area contributed by atoms with Crippen molar-refractivity contribution in [1.29, 1.82) is 0 Å². The zero-order chi connectivity index (χ0) is 23.6. The van der Waals surface area contributed by atoms with Gasteiger partial charge >= 0.3 is 0 Å². The molecule has 2 N–H and O–H groups in total. The number of hydrogen-bond donors (Lipinski definition) is 2. The van der Waals surface area contributed by atoms with Gasteiger partial charge in [0.1, 0.15) is 5.75 Å². The van der Waals surface area contributed by atoms with Gasteiger partial charge in [0.15, 0.2) is 0 Å². The molecule has 0 aliphatic carbocycles. The number of carbonyl (C=O) groups excluding carboxylic acids is 2. The fourth-order valence-electron chi connectivity index (χ4n) is 3.20. The molecule has 0 bridgehead atoms. The molecule has 0 radical (unpaired) electrons. The molecule has 2 amide bonds. The molecule has 172 valence electrons. The number of nitrogens with one attached hydrogen (secondary N) is 2. The Morgan fingerprint density at radius 3 is 2.33 bits per heavy atom. The van der Waals surface area contributed by atoms with Gasteiger partial charge in [-0.3, -0.25) is 9.59 Å². The molecule has 0 saturated heterocycles. The Labute approximate surface area is 195 Å². The Morgan fingerprint density at radius 1 is 0.909 bits per heavy atom. The highest BCUT2D eigenvalue weighted by atomic mass is 16.5. The first-order valence-electron chi connectivity index (χ1n) is 11.1. The van der Waals surface area contributed by atoms with Crippen LogP contribution in [0.15, 0.2) is 78.9 Å². The molecule has 3 aromatic carbocycles. The van der Waals surface area contributed by atoms with E-state index in [1.165, 1.54) is 0 Å². The zero-order valence-corrected chi connectivity index (χ0v) is 19.4. The summed E-state index contributed by atoms with van der Waals surface area (Å²) >= 11 is 0. The maximum Gasteiger partial charge on any atom is 0.253 e. The van der Waals surface area contributed by atoms with Crippen LogP contribution >= 0.6 is 0 Å². The third-order valence-corrected chi connectivity index (χ3v) is 4.89. The summed E-state index contributed by atoms with van der Waals surface area (Å²) < 4.78 is 5.67. The first-order valence-corrected chi connectivity index (χ1v) is 11.1. The van der Waals surface area contributed by atoms with Crippen LogP contribution in [0.2, 0.25) is 0 Å². The van der Waals surface area contributed by atoms with Crippen LogP contribution in [-0.4, -0.2) is 36.9 Å². The normalized spacial score (nSPS) is 10.5. The predicted molar refractivity (Wildman–Crippen MR) is 133 cm³/mol. The van der Waals surface area contributed by atoms with E-state index in [1.807, 2.05) is 54.6 Å². The Balaban J connectivity index is 1.51. The lowest BCUT2D eigenvalue weighted by Gasteiger charge is -2.18. The maximum atomic E-state index is 12.8. The smallest absolute Gasteiger partial charge is 0.253 e. The van der Waals surface area contributed by atoms with Crippen LogP contribution < -0.4 is 15.4 Å². The summed E-state index contributed by atoms with van der Waals surface area (Å²) in [4.78, 5) is 26.9. The summed E-state index contributed by atoms with van der Waals surface area (Å²) in [7, 11) is 1.77. The lowest BCUT2D eigenvalue weighted by atomic mass is 10.1. The van der Waals surface area contributed by atoms with Crippen LogP contribution in [0.4, 0.5) is 11.4 Å². The molecule has 0 saturated carbocycles. The number of hydrogen-bond acceptors (Lipinski definition) is 4. The average Bonchev–Trinajstić information content (AvgIpc) is 2.82. The van der Waals surface area contributed by atoms with E-state index in [2.05, 4.69) is 24.5 Å². The molecule has 6 nitrogen and oxygen atoms in total. The number of benzene rings is 3. The minimum atomic E-state index is -0.197. The van der Waals surface area contributed by atoms with Crippen molar-refractivity contribution >= 4 is 23.2 Å². The Hall–Kier alpha value is -3.80. The minimum absolute atomic E-state index is 0.104. The molecule has 0 heterocycles. The molecule has 0 unspecified atom stereocenters. The van der Waals surface area contributed by atoms with E-state index in [1.54, 1.807) is 36.2 Å². The molecule has 0 aliphatic rings. The summed E-state index contributed by atoms with van der Waals surface area (Å²) in [6.07, 6.45) is 0. The average molecular weight is 446 g/mol. The van der Waals surface area contributed by atoms with E-state index in [0.29, 0.717) is 30.3 Å². The van der Waals surface area contributed by atoms with Gasteiger partial charge in [0.05, 0.1) is 13.2 Å². The van der Waals surface area contributed by atoms with Crippen molar-refractivity contribution in [2.45, 2.75) is 20.4 Å². The molecule has 6 heteroatoms. The first-order chi connectivity index (χ1) is 15.9. The molecule has 3 aromatic rings. The van der Waals surface area contributed by atoms with Gasteiger partial charge in [0.25, 0.3) is 5.91 Å². The monoisotopic (exact) mass is 445 g/mol. The van der Waals surface area contributed by atoms with Crippen LogP contribution in [0.1, 0.15) is 29.8 Å².